The van der Waals surface area contributed by atoms with Gasteiger partial charge < -0.3 is 14.6 Å². The molecule has 1 amide bonds. The number of nitrogens with one attached hydrogen (secondary N) is 1. The van der Waals surface area contributed by atoms with Crippen molar-refractivity contribution in [3.05, 3.63) is 28.6 Å². The maximum absolute atomic E-state index is 12.4. The predicted molar refractivity (Wildman–Crippen MR) is 110 cm³/mol. The smallest absolute Gasteiger partial charge is 0.349 e. The van der Waals surface area contributed by atoms with Gasteiger partial charge in [-0.15, -0.1) is 0 Å². The summed E-state index contributed by atoms with van der Waals surface area (Å²) in [5.74, 6) is -1.60. The topological polar surface area (TPSA) is 108 Å². The summed E-state index contributed by atoms with van der Waals surface area (Å²) >= 11 is 0. The van der Waals surface area contributed by atoms with Crippen LogP contribution in [0.1, 0.15) is 58.0 Å². The first-order chi connectivity index (χ1) is 13.5. The molecule has 7 nitrogen and oxygen atoms in total. The van der Waals surface area contributed by atoms with Crippen LogP contribution in [0.25, 0.3) is 6.08 Å². The van der Waals surface area contributed by atoms with Gasteiger partial charge in [-0.2, -0.15) is 10.5 Å². The number of aryl methyl sites for hydroxylation is 1. The third-order valence-electron chi connectivity index (χ3n) is 5.12. The van der Waals surface area contributed by atoms with Crippen LogP contribution in [0.5, 0.6) is 0 Å². The molecule has 0 spiro atoms. The van der Waals surface area contributed by atoms with E-state index in [0.29, 0.717) is 0 Å². The van der Waals surface area contributed by atoms with E-state index in [1.807, 2.05) is 39.8 Å². The van der Waals surface area contributed by atoms with Gasteiger partial charge in [0.25, 0.3) is 5.91 Å². The number of hydrogen-bond donors (Lipinski definition) is 1. The third-order valence-corrected chi connectivity index (χ3v) is 5.12. The Labute approximate surface area is 173 Å². The standard InChI is InChI=1S/C22H30N4O3/c1-8-9-26-15(4)10-18(16(26)5)11-19(12-23)21(28)29-17(6)20(27)25-22(7,13-24)14(2)3/h10-11,14,17H,8-9H2,1-7H3,(H,25,27)/b19-11+. The van der Waals surface area contributed by atoms with Gasteiger partial charge in [0.1, 0.15) is 17.2 Å². The third kappa shape index (κ3) is 5.71. The molecule has 1 N–H and O–H groups in total. The minimum atomic E-state index is -1.14. The number of ether oxygens (including phenoxy) is 1. The van der Waals surface area contributed by atoms with E-state index >= 15 is 0 Å². The molecule has 0 radical (unpaired) electrons. The van der Waals surface area contributed by atoms with Crippen LogP contribution >= 0.6 is 0 Å². The molecule has 2 atom stereocenters. The van der Waals surface area contributed by atoms with Crippen molar-refractivity contribution in [3.63, 3.8) is 0 Å². The van der Waals surface area contributed by atoms with Crippen molar-refractivity contribution in [2.24, 2.45) is 5.92 Å². The average Bonchev–Trinajstić information content (AvgIpc) is 2.93. The van der Waals surface area contributed by atoms with Crippen molar-refractivity contribution in [1.29, 1.82) is 10.5 Å². The molecule has 2 unspecified atom stereocenters. The normalized spacial score (nSPS) is 14.5. The first kappa shape index (κ1) is 24.0. The molecular weight excluding hydrogens is 368 g/mol. The van der Waals surface area contributed by atoms with Crippen molar-refractivity contribution >= 4 is 18.0 Å². The number of amides is 1. The van der Waals surface area contributed by atoms with E-state index in [4.69, 9.17) is 4.74 Å². The maximum Gasteiger partial charge on any atom is 0.349 e. The van der Waals surface area contributed by atoms with Crippen molar-refractivity contribution in [2.75, 3.05) is 0 Å². The molecule has 1 aromatic rings. The summed E-state index contributed by atoms with van der Waals surface area (Å²) in [6, 6.07) is 5.83. The van der Waals surface area contributed by atoms with Crippen LogP contribution < -0.4 is 5.32 Å². The highest BCUT2D eigenvalue weighted by Crippen LogP contribution is 2.20. The fourth-order valence-electron chi connectivity index (χ4n) is 2.77. The maximum atomic E-state index is 12.4. The lowest BCUT2D eigenvalue weighted by Gasteiger charge is -2.28. The lowest BCUT2D eigenvalue weighted by molar-refractivity contribution is -0.151. The van der Waals surface area contributed by atoms with Gasteiger partial charge in [-0.05, 0) is 57.7 Å². The van der Waals surface area contributed by atoms with Gasteiger partial charge in [-0.3, -0.25) is 4.79 Å². The first-order valence-electron chi connectivity index (χ1n) is 9.73. The Morgan fingerprint density at radius 2 is 1.93 bits per heavy atom. The van der Waals surface area contributed by atoms with E-state index in [9.17, 15) is 20.1 Å². The second-order valence-electron chi connectivity index (χ2n) is 7.65. The first-order valence-corrected chi connectivity index (χ1v) is 9.73. The Balaban J connectivity index is 2.98. The lowest BCUT2D eigenvalue weighted by atomic mass is 9.90. The number of esters is 1. The summed E-state index contributed by atoms with van der Waals surface area (Å²) in [4.78, 5) is 24.8. The Hall–Kier alpha value is -3.06. The van der Waals surface area contributed by atoms with E-state index in [1.165, 1.54) is 13.0 Å². The Morgan fingerprint density at radius 3 is 2.41 bits per heavy atom. The van der Waals surface area contributed by atoms with E-state index in [0.717, 1.165) is 29.9 Å². The van der Waals surface area contributed by atoms with E-state index in [-0.39, 0.29) is 11.5 Å². The molecule has 7 heteroatoms. The minimum absolute atomic E-state index is 0.132. The summed E-state index contributed by atoms with van der Waals surface area (Å²) in [5.41, 5.74) is 1.49. The van der Waals surface area contributed by atoms with Gasteiger partial charge in [-0.25, -0.2) is 4.79 Å². The largest absolute Gasteiger partial charge is 0.448 e. The molecule has 0 aliphatic heterocycles. The zero-order valence-corrected chi connectivity index (χ0v) is 18.3. The lowest BCUT2D eigenvalue weighted by Crippen LogP contribution is -2.52. The van der Waals surface area contributed by atoms with Crippen molar-refractivity contribution in [2.45, 2.75) is 73.1 Å². The summed E-state index contributed by atoms with van der Waals surface area (Å²) < 4.78 is 7.30. The van der Waals surface area contributed by atoms with Crippen LogP contribution in [0.4, 0.5) is 0 Å². The number of hydrogen-bond acceptors (Lipinski definition) is 5. The quantitative estimate of drug-likeness (QED) is 0.410. The molecule has 156 valence electrons. The molecule has 1 aromatic heterocycles. The molecule has 0 saturated heterocycles. The fourth-order valence-corrected chi connectivity index (χ4v) is 2.77. The molecule has 1 rings (SSSR count). The summed E-state index contributed by atoms with van der Waals surface area (Å²) in [6.07, 6.45) is 1.31. The van der Waals surface area contributed by atoms with Crippen LogP contribution in [0.2, 0.25) is 0 Å². The van der Waals surface area contributed by atoms with Crippen molar-refractivity contribution < 1.29 is 14.3 Å². The molecular formula is C22H30N4O3. The minimum Gasteiger partial charge on any atom is -0.448 e. The van der Waals surface area contributed by atoms with Crippen molar-refractivity contribution in [3.8, 4) is 12.1 Å². The molecule has 1 heterocycles. The SMILES string of the molecule is CCCn1c(C)cc(/C=C(\C#N)C(=O)OC(C)C(=O)NC(C)(C#N)C(C)C)c1C. The molecule has 0 aliphatic rings. The summed E-state index contributed by atoms with van der Waals surface area (Å²) in [7, 11) is 0. The van der Waals surface area contributed by atoms with Crippen LogP contribution in [-0.4, -0.2) is 28.1 Å². The fraction of sp³-hybridized carbons (Fsp3) is 0.545. The Kier molecular flexibility index (Phi) is 8.21. The number of nitrogens with zero attached hydrogens (tertiary/aromatic N) is 3. The van der Waals surface area contributed by atoms with Crippen LogP contribution in [0, 0.1) is 42.4 Å². The van der Waals surface area contributed by atoms with Gasteiger partial charge in [0.05, 0.1) is 6.07 Å². The van der Waals surface area contributed by atoms with E-state index in [2.05, 4.69) is 22.9 Å². The number of nitriles is 2. The highest BCUT2D eigenvalue weighted by molar-refractivity contribution is 5.99. The molecule has 29 heavy (non-hydrogen) atoms. The van der Waals surface area contributed by atoms with Gasteiger partial charge in [0, 0.05) is 17.9 Å². The van der Waals surface area contributed by atoms with Crippen LogP contribution in [0.15, 0.2) is 11.6 Å². The van der Waals surface area contributed by atoms with E-state index < -0.39 is 23.5 Å². The second kappa shape index (κ2) is 9.93. The molecule has 0 aromatic carbocycles. The molecule has 0 aliphatic carbocycles. The van der Waals surface area contributed by atoms with Crippen molar-refractivity contribution in [1.82, 2.24) is 9.88 Å². The van der Waals surface area contributed by atoms with Gasteiger partial charge >= 0.3 is 5.97 Å². The number of carbonyl (C=O) groups excluding carboxylic acids is 2. The Bertz CT molecular complexity index is 883. The summed E-state index contributed by atoms with van der Waals surface area (Å²) in [5, 5.41) is 21.3. The second-order valence-corrected chi connectivity index (χ2v) is 7.65. The van der Waals surface area contributed by atoms with Crippen LogP contribution in [0.3, 0.4) is 0 Å². The van der Waals surface area contributed by atoms with Gasteiger partial charge in [-0.1, -0.05) is 20.8 Å². The monoisotopic (exact) mass is 398 g/mol. The van der Waals surface area contributed by atoms with Gasteiger partial charge in [0.15, 0.2) is 6.10 Å². The average molecular weight is 399 g/mol. The van der Waals surface area contributed by atoms with E-state index in [1.54, 1.807) is 6.92 Å². The molecule has 0 bridgehead atoms. The highest BCUT2D eigenvalue weighted by Gasteiger charge is 2.33. The predicted octanol–water partition coefficient (Wildman–Crippen LogP) is 3.41. The number of aromatic nitrogens is 1. The number of carbonyl (C=O) groups is 2. The Morgan fingerprint density at radius 1 is 1.31 bits per heavy atom. The van der Waals surface area contributed by atoms with Crippen LogP contribution in [-0.2, 0) is 20.9 Å². The highest BCUT2D eigenvalue weighted by atomic mass is 16.5. The summed E-state index contributed by atoms with van der Waals surface area (Å²) in [6.45, 7) is 13.5. The molecule has 0 fully saturated rings. The zero-order chi connectivity index (χ0) is 22.4. The van der Waals surface area contributed by atoms with Gasteiger partial charge in [0.2, 0.25) is 0 Å². The number of rotatable bonds is 8. The zero-order valence-electron chi connectivity index (χ0n) is 18.3. The molecule has 0 saturated carbocycles.